The summed E-state index contributed by atoms with van der Waals surface area (Å²) in [5.41, 5.74) is 1.80. The second kappa shape index (κ2) is 2.92. The Balaban J connectivity index is 2.29. The SMILES string of the molecule is CC1CC1n1c(=S)[nH]c2cc(F)ccc21. The van der Waals surface area contributed by atoms with Crippen molar-refractivity contribution in [2.75, 3.05) is 0 Å². The van der Waals surface area contributed by atoms with Gasteiger partial charge >= 0.3 is 0 Å². The van der Waals surface area contributed by atoms with E-state index in [1.807, 2.05) is 0 Å². The highest BCUT2D eigenvalue weighted by molar-refractivity contribution is 7.71. The first kappa shape index (κ1) is 9.09. The Morgan fingerprint density at radius 1 is 1.53 bits per heavy atom. The highest BCUT2D eigenvalue weighted by Crippen LogP contribution is 2.44. The van der Waals surface area contributed by atoms with E-state index in [0.29, 0.717) is 16.7 Å². The Morgan fingerprint density at radius 3 is 2.93 bits per heavy atom. The average Bonchev–Trinajstić information content (AvgIpc) is 2.77. The van der Waals surface area contributed by atoms with E-state index in [9.17, 15) is 4.39 Å². The first-order valence-corrected chi connectivity index (χ1v) is 5.47. The van der Waals surface area contributed by atoms with Crippen LogP contribution in [0.5, 0.6) is 0 Å². The monoisotopic (exact) mass is 222 g/mol. The van der Waals surface area contributed by atoms with Crippen molar-refractivity contribution in [3.05, 3.63) is 28.8 Å². The number of fused-ring (bicyclic) bond motifs is 1. The predicted molar refractivity (Wildman–Crippen MR) is 59.9 cm³/mol. The number of nitrogens with one attached hydrogen (secondary N) is 1. The normalized spacial score (nSPS) is 24.7. The first-order valence-electron chi connectivity index (χ1n) is 5.06. The maximum absolute atomic E-state index is 13.0. The molecule has 2 nitrogen and oxygen atoms in total. The van der Waals surface area contributed by atoms with Gasteiger partial charge in [0.05, 0.1) is 11.0 Å². The highest BCUT2D eigenvalue weighted by Gasteiger charge is 2.35. The number of aromatic amines is 1. The van der Waals surface area contributed by atoms with Crippen molar-refractivity contribution in [3.8, 4) is 0 Å². The van der Waals surface area contributed by atoms with Gasteiger partial charge in [0.15, 0.2) is 4.77 Å². The van der Waals surface area contributed by atoms with Crippen molar-refractivity contribution in [1.29, 1.82) is 0 Å². The predicted octanol–water partition coefficient (Wildman–Crippen LogP) is 3.42. The second-order valence-electron chi connectivity index (χ2n) is 4.24. The van der Waals surface area contributed by atoms with Crippen LogP contribution in [0.1, 0.15) is 19.4 Å². The van der Waals surface area contributed by atoms with E-state index in [2.05, 4.69) is 16.5 Å². The number of H-pyrrole nitrogens is 1. The number of benzene rings is 1. The van der Waals surface area contributed by atoms with Crippen LogP contribution in [-0.4, -0.2) is 9.55 Å². The largest absolute Gasteiger partial charge is 0.330 e. The third-order valence-corrected chi connectivity index (χ3v) is 3.38. The third kappa shape index (κ3) is 1.32. The van der Waals surface area contributed by atoms with Gasteiger partial charge in [-0.2, -0.15) is 0 Å². The molecule has 4 heteroatoms. The van der Waals surface area contributed by atoms with E-state index in [1.54, 1.807) is 6.07 Å². The van der Waals surface area contributed by atoms with Gasteiger partial charge in [-0.15, -0.1) is 0 Å². The van der Waals surface area contributed by atoms with Crippen LogP contribution in [0.4, 0.5) is 4.39 Å². The van der Waals surface area contributed by atoms with Crippen LogP contribution in [-0.2, 0) is 0 Å². The molecule has 1 saturated carbocycles. The molecule has 0 saturated heterocycles. The van der Waals surface area contributed by atoms with E-state index in [4.69, 9.17) is 12.2 Å². The summed E-state index contributed by atoms with van der Waals surface area (Å²) in [6.45, 7) is 2.20. The van der Waals surface area contributed by atoms with Crippen molar-refractivity contribution in [1.82, 2.24) is 9.55 Å². The number of nitrogens with zero attached hydrogens (tertiary/aromatic N) is 1. The Bertz CT molecular complexity index is 584. The Kier molecular flexibility index (Phi) is 1.77. The van der Waals surface area contributed by atoms with E-state index >= 15 is 0 Å². The third-order valence-electron chi connectivity index (χ3n) is 3.08. The fraction of sp³-hybridized carbons (Fsp3) is 0.364. The number of hydrogen-bond acceptors (Lipinski definition) is 1. The molecule has 3 rings (SSSR count). The van der Waals surface area contributed by atoms with Crippen LogP contribution in [0, 0.1) is 16.5 Å². The van der Waals surface area contributed by atoms with Gasteiger partial charge in [0.1, 0.15) is 5.82 Å². The van der Waals surface area contributed by atoms with Gasteiger partial charge in [-0.25, -0.2) is 4.39 Å². The molecule has 0 bridgehead atoms. The Hall–Kier alpha value is -1.16. The summed E-state index contributed by atoms with van der Waals surface area (Å²) in [7, 11) is 0. The molecule has 2 atom stereocenters. The highest BCUT2D eigenvalue weighted by atomic mass is 32.1. The molecular formula is C11H11FN2S. The smallest absolute Gasteiger partial charge is 0.178 e. The molecule has 78 valence electrons. The summed E-state index contributed by atoms with van der Waals surface area (Å²) in [5, 5.41) is 0. The van der Waals surface area contributed by atoms with Crippen LogP contribution < -0.4 is 0 Å². The summed E-state index contributed by atoms with van der Waals surface area (Å²) in [4.78, 5) is 3.05. The zero-order valence-electron chi connectivity index (χ0n) is 8.33. The Labute approximate surface area is 91.7 Å². The maximum atomic E-state index is 13.0. The summed E-state index contributed by atoms with van der Waals surface area (Å²) in [5.74, 6) is 0.454. The van der Waals surface area contributed by atoms with E-state index in [-0.39, 0.29) is 5.82 Å². The fourth-order valence-electron chi connectivity index (χ4n) is 2.09. The minimum absolute atomic E-state index is 0.227. The molecule has 0 spiro atoms. The number of rotatable bonds is 1. The van der Waals surface area contributed by atoms with Crippen molar-refractivity contribution in [2.24, 2.45) is 5.92 Å². The molecule has 0 aliphatic heterocycles. The van der Waals surface area contributed by atoms with Gasteiger partial charge in [0.2, 0.25) is 0 Å². The van der Waals surface area contributed by atoms with Gasteiger partial charge in [-0.3, -0.25) is 0 Å². The van der Waals surface area contributed by atoms with Gasteiger partial charge in [0.25, 0.3) is 0 Å². The minimum Gasteiger partial charge on any atom is -0.330 e. The van der Waals surface area contributed by atoms with E-state index in [1.165, 1.54) is 18.6 Å². The molecule has 15 heavy (non-hydrogen) atoms. The number of halogens is 1. The van der Waals surface area contributed by atoms with Gasteiger partial charge in [0, 0.05) is 6.04 Å². The van der Waals surface area contributed by atoms with Crippen LogP contribution in [0.2, 0.25) is 0 Å². The minimum atomic E-state index is -0.227. The lowest BCUT2D eigenvalue weighted by Crippen LogP contribution is -1.94. The molecule has 1 aliphatic rings. The first-order chi connectivity index (χ1) is 7.16. The van der Waals surface area contributed by atoms with Crippen LogP contribution in [0.15, 0.2) is 18.2 Å². The van der Waals surface area contributed by atoms with Crippen LogP contribution >= 0.6 is 12.2 Å². The lowest BCUT2D eigenvalue weighted by atomic mass is 10.3. The van der Waals surface area contributed by atoms with Crippen LogP contribution in [0.25, 0.3) is 11.0 Å². The molecule has 1 aromatic carbocycles. The van der Waals surface area contributed by atoms with Crippen molar-refractivity contribution in [3.63, 3.8) is 0 Å². The zero-order chi connectivity index (χ0) is 10.6. The van der Waals surface area contributed by atoms with E-state index < -0.39 is 0 Å². The molecule has 0 amide bonds. The van der Waals surface area contributed by atoms with Gasteiger partial charge < -0.3 is 9.55 Å². The topological polar surface area (TPSA) is 20.7 Å². The standard InChI is InChI=1S/C11H11FN2S/c1-6-4-10(6)14-9-3-2-7(12)5-8(9)13-11(14)15/h2-3,5-6,10H,4H2,1H3,(H,13,15). The van der Waals surface area contributed by atoms with Crippen molar-refractivity contribution >= 4 is 23.3 Å². The molecule has 1 aliphatic carbocycles. The maximum Gasteiger partial charge on any atom is 0.178 e. The number of aromatic nitrogens is 2. The number of imidazole rings is 1. The van der Waals surface area contributed by atoms with Crippen molar-refractivity contribution in [2.45, 2.75) is 19.4 Å². The molecule has 1 N–H and O–H groups in total. The molecule has 1 aromatic heterocycles. The summed E-state index contributed by atoms with van der Waals surface area (Å²) < 4.78 is 15.8. The lowest BCUT2D eigenvalue weighted by molar-refractivity contribution is 0.629. The van der Waals surface area contributed by atoms with E-state index in [0.717, 1.165) is 11.0 Å². The summed E-state index contributed by atoms with van der Waals surface area (Å²) in [6, 6.07) is 5.27. The van der Waals surface area contributed by atoms with Gasteiger partial charge in [-0.05, 0) is 42.8 Å². The molecule has 2 aromatic rings. The number of hydrogen-bond donors (Lipinski definition) is 1. The van der Waals surface area contributed by atoms with Crippen LogP contribution in [0.3, 0.4) is 0 Å². The Morgan fingerprint density at radius 2 is 2.27 bits per heavy atom. The molecule has 2 unspecified atom stereocenters. The molecule has 1 heterocycles. The lowest BCUT2D eigenvalue weighted by Gasteiger charge is -2.01. The quantitative estimate of drug-likeness (QED) is 0.733. The molecular weight excluding hydrogens is 211 g/mol. The fourth-order valence-corrected chi connectivity index (χ4v) is 2.44. The average molecular weight is 222 g/mol. The van der Waals surface area contributed by atoms with Gasteiger partial charge in [-0.1, -0.05) is 6.92 Å². The molecule has 0 radical (unpaired) electrons. The molecule has 1 fully saturated rings. The zero-order valence-corrected chi connectivity index (χ0v) is 9.14. The second-order valence-corrected chi connectivity index (χ2v) is 4.63. The van der Waals surface area contributed by atoms with Crippen molar-refractivity contribution < 1.29 is 4.39 Å². The summed E-state index contributed by atoms with van der Waals surface area (Å²) >= 11 is 5.25. The summed E-state index contributed by atoms with van der Waals surface area (Å²) in [6.07, 6.45) is 1.17.